The summed E-state index contributed by atoms with van der Waals surface area (Å²) in [5, 5.41) is 0.521. The van der Waals surface area contributed by atoms with Crippen LogP contribution in [-0.2, 0) is 19.2 Å². The zero-order chi connectivity index (χ0) is 9.56. The minimum atomic E-state index is -0.542. The van der Waals surface area contributed by atoms with E-state index in [1.54, 1.807) is 0 Å². The predicted octanol–water partition coefficient (Wildman–Crippen LogP) is 2.19. The van der Waals surface area contributed by atoms with E-state index in [0.717, 1.165) is 6.07 Å². The van der Waals surface area contributed by atoms with Gasteiger partial charge in [-0.1, -0.05) is 0 Å². The van der Waals surface area contributed by atoms with E-state index >= 15 is 0 Å². The molecule has 0 aromatic heterocycles. The summed E-state index contributed by atoms with van der Waals surface area (Å²) in [5.74, 6) is -1.08. The first-order valence-electron chi connectivity index (χ1n) is 2.89. The summed E-state index contributed by atoms with van der Waals surface area (Å²) in [6.07, 6.45) is 0. The fraction of sp³-hybridized carbons (Fsp3) is 0.143. The molecule has 0 heterocycles. The van der Waals surface area contributed by atoms with Gasteiger partial charge in [-0.3, -0.25) is 0 Å². The first-order chi connectivity index (χ1) is 5.60. The van der Waals surface area contributed by atoms with Crippen LogP contribution in [0.3, 0.4) is 0 Å². The third-order valence-corrected chi connectivity index (χ3v) is 1.22. The smallest absolute Gasteiger partial charge is 0.126 e. The Labute approximate surface area is 88.3 Å². The van der Waals surface area contributed by atoms with Crippen LogP contribution < -0.4 is 5.30 Å². The Morgan fingerprint density at radius 2 is 1.58 bits per heavy atom. The van der Waals surface area contributed by atoms with Gasteiger partial charge in [-0.25, -0.2) is 8.78 Å². The van der Waals surface area contributed by atoms with Gasteiger partial charge in [0.1, 0.15) is 11.6 Å². The van der Waals surface area contributed by atoms with Crippen molar-refractivity contribution in [1.29, 1.82) is 0 Å². The molecule has 1 aromatic rings. The summed E-state index contributed by atoms with van der Waals surface area (Å²) >= 11 is 7.64. The van der Waals surface area contributed by atoms with Crippen LogP contribution in [0.1, 0.15) is 0 Å². The molecule has 0 N–H and O–H groups in total. The van der Waals surface area contributed by atoms with Crippen molar-refractivity contribution in [2.24, 2.45) is 0 Å². The molecule has 0 spiro atoms. The van der Waals surface area contributed by atoms with Gasteiger partial charge in [0.15, 0.2) is 0 Å². The fourth-order valence-electron chi connectivity index (χ4n) is 0.575. The predicted molar refractivity (Wildman–Crippen MR) is 46.4 cm³/mol. The summed E-state index contributed by atoms with van der Waals surface area (Å²) in [5.41, 5.74) is 0. The van der Waals surface area contributed by atoms with Gasteiger partial charge in [-0.05, 0) is 17.4 Å². The molecule has 0 amide bonds. The molecule has 12 heavy (non-hydrogen) atoms. The molecule has 0 aliphatic rings. The minimum absolute atomic E-state index is 0.521. The molecule has 1 rings (SSSR count). The maximum atomic E-state index is 12.2. The normalized spacial score (nSPS) is 8.83. The van der Waals surface area contributed by atoms with Crippen LogP contribution in [0.15, 0.2) is 18.2 Å². The van der Waals surface area contributed by atoms with E-state index in [9.17, 15) is 8.78 Å². The summed E-state index contributed by atoms with van der Waals surface area (Å²) in [6, 6.07) is 3.33. The fourth-order valence-corrected chi connectivity index (χ4v) is 0.894. The van der Waals surface area contributed by atoms with Gasteiger partial charge in [-0.15, -0.1) is 9.24 Å². The Bertz CT molecular complexity index is 194. The van der Waals surface area contributed by atoms with Crippen LogP contribution in [0.4, 0.5) is 8.78 Å². The quantitative estimate of drug-likeness (QED) is 0.391. The van der Waals surface area contributed by atoms with Crippen molar-refractivity contribution in [2.45, 2.75) is 0 Å². The van der Waals surface area contributed by atoms with E-state index < -0.39 is 11.6 Å². The first-order valence-corrected chi connectivity index (χ1v) is 5.10. The van der Waals surface area contributed by atoms with Crippen molar-refractivity contribution >= 4 is 26.1 Å². The molecule has 0 aliphatic carbocycles. The van der Waals surface area contributed by atoms with Gasteiger partial charge >= 0.3 is 35.2 Å². The molecular weight excluding hydrogens is 295 g/mol. The average Bonchev–Trinajstić information content (AvgIpc) is 1.84. The molecule has 0 bridgehead atoms. The molecule has 1 unspecified atom stereocenters. The van der Waals surface area contributed by atoms with Crippen molar-refractivity contribution in [1.82, 2.24) is 0 Å². The summed E-state index contributed by atoms with van der Waals surface area (Å²) < 4.78 is 24.9. The number of hydrogen-bond donors (Lipinski definition) is 0. The first kappa shape index (κ1) is 12.5. The maximum absolute atomic E-state index is 12.2. The van der Waals surface area contributed by atoms with E-state index in [0.29, 0.717) is 9.66 Å². The molecule has 0 radical (unpaired) electrons. The van der Waals surface area contributed by atoms with Gasteiger partial charge in [0.25, 0.3) is 0 Å². The molecule has 0 nitrogen and oxygen atoms in total. The third kappa shape index (κ3) is 6.03. The molecule has 0 saturated heterocycles. The molecule has 0 aliphatic heterocycles. The van der Waals surface area contributed by atoms with Crippen molar-refractivity contribution < 1.29 is 28.0 Å². The molecular formula is C7H7ClF2PPd. The van der Waals surface area contributed by atoms with E-state index in [-0.39, 0.29) is 0 Å². The zero-order valence-corrected chi connectivity index (χ0v) is 9.43. The Morgan fingerprint density at radius 1 is 1.25 bits per heavy atom. The van der Waals surface area contributed by atoms with E-state index in [1.807, 2.05) is 0 Å². The Morgan fingerprint density at radius 3 is 1.83 bits per heavy atom. The van der Waals surface area contributed by atoms with E-state index in [2.05, 4.69) is 28.4 Å². The van der Waals surface area contributed by atoms with Crippen molar-refractivity contribution in [2.75, 3.05) is 4.35 Å². The Kier molecular flexibility index (Phi) is 7.19. The Hall–Kier alpha value is 0.462. The summed E-state index contributed by atoms with van der Waals surface area (Å²) in [4.78, 5) is 0. The van der Waals surface area contributed by atoms with Crippen molar-refractivity contribution in [3.05, 3.63) is 29.8 Å². The molecule has 71 valence electrons. The second-order valence-corrected chi connectivity index (χ2v) is 3.87. The third-order valence-electron chi connectivity index (χ3n) is 0.885. The number of benzene rings is 1. The molecule has 0 saturated carbocycles. The van der Waals surface area contributed by atoms with Crippen LogP contribution in [0.5, 0.6) is 0 Å². The van der Waals surface area contributed by atoms with Crippen LogP contribution in [0.2, 0.25) is 0 Å². The SMILES string of the molecule is Cl[CH2][Pd].Fc1cc(F)cc(P)c1. The topological polar surface area (TPSA) is 0 Å². The van der Waals surface area contributed by atoms with Crippen LogP contribution in [-0.4, -0.2) is 4.35 Å². The minimum Gasteiger partial charge on any atom is -0.207 e. The van der Waals surface area contributed by atoms with Crippen molar-refractivity contribution in [3.63, 3.8) is 0 Å². The summed E-state index contributed by atoms with van der Waals surface area (Å²) in [7, 11) is 2.22. The van der Waals surface area contributed by atoms with Crippen LogP contribution in [0.25, 0.3) is 0 Å². The average molecular weight is 302 g/mol. The number of alkyl halides is 1. The van der Waals surface area contributed by atoms with Gasteiger partial charge in [0.05, 0.1) is 0 Å². The Balaban J connectivity index is 0.000000354. The van der Waals surface area contributed by atoms with Crippen LogP contribution in [0, 0.1) is 11.6 Å². The molecule has 1 aromatic carbocycles. The summed E-state index contributed by atoms with van der Waals surface area (Å²) in [6.45, 7) is 0. The van der Waals surface area contributed by atoms with Crippen molar-refractivity contribution in [3.8, 4) is 0 Å². The van der Waals surface area contributed by atoms with Gasteiger partial charge in [0.2, 0.25) is 0 Å². The second kappa shape index (κ2) is 6.92. The number of hydrogen-bond acceptors (Lipinski definition) is 0. The standard InChI is InChI=1S/C6H5F2P.CH2Cl.Pd/c7-4-1-5(8)3-6(9)2-4;1-2;/h1-3H,9H2;1H2;. The molecule has 1 atom stereocenters. The maximum Gasteiger partial charge on any atom is 0.126 e. The second-order valence-electron chi connectivity index (χ2n) is 1.79. The van der Waals surface area contributed by atoms with E-state index in [4.69, 9.17) is 11.6 Å². The number of rotatable bonds is 0. The van der Waals surface area contributed by atoms with Gasteiger partial charge in [0, 0.05) is 6.07 Å². The van der Waals surface area contributed by atoms with Gasteiger partial charge in [-0.2, -0.15) is 0 Å². The number of halogens is 3. The van der Waals surface area contributed by atoms with Gasteiger partial charge < -0.3 is 0 Å². The van der Waals surface area contributed by atoms with E-state index in [1.165, 1.54) is 12.1 Å². The zero-order valence-electron chi connectivity index (χ0n) is 5.97. The van der Waals surface area contributed by atoms with Crippen LogP contribution >= 0.6 is 20.8 Å². The molecule has 0 fully saturated rings. The largest absolute Gasteiger partial charge is 0.207 e. The molecule has 5 heteroatoms. The monoisotopic (exact) mass is 301 g/mol.